The summed E-state index contributed by atoms with van der Waals surface area (Å²) in [6.45, 7) is 8.92. The minimum Gasteiger partial charge on any atom is -0.444 e. The van der Waals surface area contributed by atoms with Crippen molar-refractivity contribution in [2.45, 2.75) is 38.2 Å². The zero-order valence-electron chi connectivity index (χ0n) is 20.4. The van der Waals surface area contributed by atoms with Gasteiger partial charge in [-0.1, -0.05) is 79.4 Å². The zero-order chi connectivity index (χ0) is 26.1. The summed E-state index contributed by atoms with van der Waals surface area (Å²) in [6.07, 6.45) is 0.818. The van der Waals surface area contributed by atoms with Crippen molar-refractivity contribution in [1.29, 1.82) is 0 Å². The molecule has 0 heterocycles. The van der Waals surface area contributed by atoms with Crippen LogP contribution in [-0.2, 0) is 9.30 Å². The van der Waals surface area contributed by atoms with E-state index in [4.69, 9.17) is 4.74 Å². The van der Waals surface area contributed by atoms with E-state index >= 15 is 0 Å². The van der Waals surface area contributed by atoms with Crippen LogP contribution in [0.3, 0.4) is 0 Å². The largest absolute Gasteiger partial charge is 0.444 e. The fraction of sp³-hybridized carbons (Fsp3) is 0.214. The number of benzene rings is 3. The average molecular weight is 505 g/mol. The van der Waals surface area contributed by atoms with Crippen molar-refractivity contribution in [3.63, 3.8) is 0 Å². The highest BCUT2D eigenvalue weighted by molar-refractivity contribution is 7.52. The van der Waals surface area contributed by atoms with Crippen molar-refractivity contribution >= 4 is 25.5 Å². The summed E-state index contributed by atoms with van der Waals surface area (Å²) in [7, 11) is -4.89. The van der Waals surface area contributed by atoms with Crippen molar-refractivity contribution in [1.82, 2.24) is 5.32 Å². The van der Waals surface area contributed by atoms with Crippen LogP contribution >= 0.6 is 7.60 Å². The molecule has 0 aliphatic heterocycles. The van der Waals surface area contributed by atoms with Crippen molar-refractivity contribution in [2.75, 3.05) is 0 Å². The van der Waals surface area contributed by atoms with Crippen molar-refractivity contribution in [2.24, 2.45) is 4.99 Å². The van der Waals surface area contributed by atoms with Gasteiger partial charge in [0.25, 0.3) is 0 Å². The maximum absolute atomic E-state index is 13.0. The molecule has 3 aromatic carbocycles. The van der Waals surface area contributed by atoms with E-state index in [0.29, 0.717) is 11.3 Å². The number of amides is 1. The van der Waals surface area contributed by atoms with Gasteiger partial charge in [0.05, 0.1) is 11.8 Å². The molecular formula is C28H29N2O5P. The molecule has 3 aromatic rings. The number of hydrogen-bond donors (Lipinski definition) is 3. The van der Waals surface area contributed by atoms with Crippen LogP contribution in [0, 0.1) is 0 Å². The van der Waals surface area contributed by atoms with Crippen LogP contribution in [0.2, 0.25) is 0 Å². The Morgan fingerprint density at radius 1 is 0.972 bits per heavy atom. The topological polar surface area (TPSA) is 108 Å². The van der Waals surface area contributed by atoms with Crippen LogP contribution in [0.1, 0.15) is 49.1 Å². The summed E-state index contributed by atoms with van der Waals surface area (Å²) in [5.74, 6) is -1.61. The molecule has 0 spiro atoms. The first-order chi connectivity index (χ1) is 17.0. The summed E-state index contributed by atoms with van der Waals surface area (Å²) in [6, 6.07) is 21.0. The van der Waals surface area contributed by atoms with Crippen molar-refractivity contribution < 1.29 is 23.9 Å². The van der Waals surface area contributed by atoms with E-state index in [1.807, 2.05) is 54.6 Å². The second-order valence-corrected chi connectivity index (χ2v) is 11.3. The molecule has 0 radical (unpaired) electrons. The second kappa shape index (κ2) is 9.86. The molecule has 36 heavy (non-hydrogen) atoms. The lowest BCUT2D eigenvalue weighted by Gasteiger charge is -2.29. The summed E-state index contributed by atoms with van der Waals surface area (Å²) >= 11 is 0. The van der Waals surface area contributed by atoms with Gasteiger partial charge in [0, 0.05) is 11.1 Å². The molecule has 2 atom stereocenters. The zero-order valence-corrected chi connectivity index (χ0v) is 21.3. The van der Waals surface area contributed by atoms with Crippen LogP contribution in [-0.4, -0.2) is 33.0 Å². The highest BCUT2D eigenvalue weighted by atomic mass is 31.2. The molecule has 0 bridgehead atoms. The van der Waals surface area contributed by atoms with E-state index in [-0.39, 0.29) is 0 Å². The smallest absolute Gasteiger partial charge is 0.408 e. The van der Waals surface area contributed by atoms with Crippen LogP contribution in [0.15, 0.2) is 84.4 Å². The molecule has 1 aliphatic rings. The Morgan fingerprint density at radius 3 is 2.03 bits per heavy atom. The highest BCUT2D eigenvalue weighted by Crippen LogP contribution is 2.49. The molecule has 186 valence electrons. The van der Waals surface area contributed by atoms with E-state index in [1.54, 1.807) is 45.0 Å². The predicted octanol–water partition coefficient (Wildman–Crippen LogP) is 5.92. The molecule has 8 heteroatoms. The van der Waals surface area contributed by atoms with Gasteiger partial charge in [-0.2, -0.15) is 0 Å². The van der Waals surface area contributed by atoms with Gasteiger partial charge in [-0.15, -0.1) is 0 Å². The van der Waals surface area contributed by atoms with Crippen molar-refractivity contribution in [3.05, 3.63) is 102 Å². The fourth-order valence-electron chi connectivity index (χ4n) is 4.25. The van der Waals surface area contributed by atoms with Gasteiger partial charge in [-0.25, -0.2) is 4.79 Å². The summed E-state index contributed by atoms with van der Waals surface area (Å²) < 4.78 is 18.4. The number of hydrogen-bond acceptors (Lipinski definition) is 4. The summed E-state index contributed by atoms with van der Waals surface area (Å²) in [4.78, 5) is 38.5. The van der Waals surface area contributed by atoms with Crippen LogP contribution < -0.4 is 5.32 Å². The molecule has 4 rings (SSSR count). The number of fused-ring (bicyclic) bond motifs is 3. The first-order valence-corrected chi connectivity index (χ1v) is 13.2. The first-order valence-electron chi connectivity index (χ1n) is 11.5. The van der Waals surface area contributed by atoms with E-state index < -0.39 is 31.1 Å². The third kappa shape index (κ3) is 5.49. The Balaban J connectivity index is 1.88. The molecule has 3 N–H and O–H groups in total. The van der Waals surface area contributed by atoms with Gasteiger partial charge in [0.2, 0.25) is 0 Å². The van der Waals surface area contributed by atoms with Gasteiger partial charge in [0.15, 0.2) is 5.78 Å². The van der Waals surface area contributed by atoms with E-state index in [0.717, 1.165) is 27.8 Å². The highest BCUT2D eigenvalue weighted by Gasteiger charge is 2.40. The maximum atomic E-state index is 13.0. The Kier molecular flexibility index (Phi) is 7.01. The minimum absolute atomic E-state index is 0.463. The monoisotopic (exact) mass is 504 g/mol. The van der Waals surface area contributed by atoms with Crippen molar-refractivity contribution in [3.8, 4) is 11.1 Å². The third-order valence-electron chi connectivity index (χ3n) is 5.74. The van der Waals surface area contributed by atoms with Crippen LogP contribution in [0.4, 0.5) is 4.79 Å². The van der Waals surface area contributed by atoms with E-state index in [2.05, 4.69) is 16.9 Å². The number of rotatable bonds is 6. The lowest BCUT2D eigenvalue weighted by molar-refractivity contribution is 0.0501. The van der Waals surface area contributed by atoms with Crippen LogP contribution in [0.25, 0.3) is 17.2 Å². The molecule has 0 saturated carbocycles. The minimum atomic E-state index is -4.89. The first kappa shape index (κ1) is 25.6. The van der Waals surface area contributed by atoms with E-state index in [1.165, 1.54) is 0 Å². The SMILES string of the molecule is C=Cc1cccc(C(NC(=O)OC(C)(C)C)C(N=C2c3ccccc3-c3ccccc32)P(=O)(O)O)c1. The van der Waals surface area contributed by atoms with Gasteiger partial charge in [-0.05, 0) is 49.1 Å². The van der Waals surface area contributed by atoms with Gasteiger partial charge in [-0.3, -0.25) is 9.56 Å². The molecule has 1 aliphatic carbocycles. The molecule has 0 fully saturated rings. The third-order valence-corrected chi connectivity index (χ3v) is 6.84. The number of carbonyl (C=O) groups excluding carboxylic acids is 1. The Hall–Kier alpha value is -3.51. The Morgan fingerprint density at radius 2 is 1.53 bits per heavy atom. The number of nitrogens with zero attached hydrogens (tertiary/aromatic N) is 1. The lowest BCUT2D eigenvalue weighted by Crippen LogP contribution is -2.39. The number of carbonyl (C=O) groups is 1. The number of alkyl carbamates (subject to hydrolysis) is 1. The molecular weight excluding hydrogens is 475 g/mol. The second-order valence-electron chi connectivity index (χ2n) is 9.57. The molecule has 7 nitrogen and oxygen atoms in total. The summed E-state index contributed by atoms with van der Waals surface area (Å²) in [5, 5.41) is 2.67. The Labute approximate surface area is 210 Å². The quantitative estimate of drug-likeness (QED) is 0.283. The van der Waals surface area contributed by atoms with Crippen LogP contribution in [0.5, 0.6) is 0 Å². The fourth-order valence-corrected chi connectivity index (χ4v) is 5.15. The maximum Gasteiger partial charge on any atom is 0.408 e. The van der Waals surface area contributed by atoms with E-state index in [9.17, 15) is 19.1 Å². The number of ether oxygens (including phenoxy) is 1. The lowest BCUT2D eigenvalue weighted by atomic mass is 10.0. The number of nitrogens with one attached hydrogen (secondary N) is 1. The van der Waals surface area contributed by atoms with Gasteiger partial charge >= 0.3 is 13.7 Å². The number of aliphatic imine (C=N–C) groups is 1. The van der Waals surface area contributed by atoms with Gasteiger partial charge < -0.3 is 19.8 Å². The predicted molar refractivity (Wildman–Crippen MR) is 142 cm³/mol. The van der Waals surface area contributed by atoms with Gasteiger partial charge in [0.1, 0.15) is 5.60 Å². The standard InChI is InChI=1S/C28H29N2O5P/c1-5-18-11-10-12-19(17-18)24(30-27(31)35-28(2,3)4)26(36(32,33)34)29-25-22-15-8-6-13-20(22)21-14-7-9-16-23(21)25/h5-17,24,26H,1H2,2-4H3,(H,30,31)(H2,32,33,34). The average Bonchev–Trinajstić information content (AvgIpc) is 3.13. The molecule has 0 aromatic heterocycles. The molecule has 0 saturated heterocycles. The normalized spacial score (nSPS) is 14.3. The summed E-state index contributed by atoms with van der Waals surface area (Å²) in [5.41, 5.74) is 4.27. The molecule has 1 amide bonds. The Bertz CT molecular complexity index is 1340. The molecule has 2 unspecified atom stereocenters.